The van der Waals surface area contributed by atoms with Crippen LogP contribution in [0.5, 0.6) is 0 Å². The van der Waals surface area contributed by atoms with E-state index >= 15 is 0 Å². The minimum absolute atomic E-state index is 0.277. The first-order valence-corrected chi connectivity index (χ1v) is 11.4. The molecule has 1 aliphatic rings. The maximum Gasteiger partial charge on any atom is 0.317 e. The summed E-state index contributed by atoms with van der Waals surface area (Å²) in [6.07, 6.45) is 3.71. The van der Waals surface area contributed by atoms with E-state index in [1.807, 2.05) is 10.3 Å². The molecule has 168 valence electrons. The van der Waals surface area contributed by atoms with Crippen LogP contribution in [0.3, 0.4) is 0 Å². The molecule has 0 spiro atoms. The smallest absolute Gasteiger partial charge is 0.317 e. The van der Waals surface area contributed by atoms with E-state index in [1.165, 1.54) is 30.4 Å². The summed E-state index contributed by atoms with van der Waals surface area (Å²) in [6.45, 7) is 0.723. The Kier molecular flexibility index (Phi) is 6.82. The molecule has 1 atom stereocenters. The number of nitrogens with one attached hydrogen (secondary N) is 3. The number of hydrogen-bond acceptors (Lipinski definition) is 5. The van der Waals surface area contributed by atoms with Crippen LogP contribution in [-0.4, -0.2) is 60.7 Å². The third kappa shape index (κ3) is 5.51. The lowest BCUT2D eigenvalue weighted by molar-refractivity contribution is 0.0941. The highest BCUT2D eigenvalue weighted by Gasteiger charge is 2.30. The van der Waals surface area contributed by atoms with Gasteiger partial charge in [-0.2, -0.15) is 0 Å². The minimum atomic E-state index is -3.92. The zero-order valence-corrected chi connectivity index (χ0v) is 18.4. The van der Waals surface area contributed by atoms with Crippen LogP contribution >= 0.6 is 11.6 Å². The normalized spacial score (nSPS) is 16.4. The van der Waals surface area contributed by atoms with E-state index in [2.05, 4.69) is 10.3 Å². The number of aryl methyl sites for hydroxylation is 1. The first-order chi connectivity index (χ1) is 14.6. The average Bonchev–Trinajstić information content (AvgIpc) is 3.36. The molecule has 10 nitrogen and oxygen atoms in total. The molecule has 2 aromatic rings. The number of halogens is 2. The van der Waals surface area contributed by atoms with Crippen LogP contribution in [0.15, 0.2) is 24.7 Å². The number of rotatable bonds is 6. The Hall–Kier alpha value is -2.70. The number of carbonyl (C=O) groups excluding carboxylic acids is 2. The minimum Gasteiger partial charge on any atom is -0.341 e. The van der Waals surface area contributed by atoms with Gasteiger partial charge in [0.15, 0.2) is 5.82 Å². The molecule has 2 heterocycles. The second-order valence-electron chi connectivity index (χ2n) is 7.24. The third-order valence-electron chi connectivity index (χ3n) is 4.84. The van der Waals surface area contributed by atoms with Crippen LogP contribution < -0.4 is 15.6 Å². The predicted octanol–water partition coefficient (Wildman–Crippen LogP) is 1.11. The van der Waals surface area contributed by atoms with Crippen molar-refractivity contribution in [1.29, 1.82) is 0 Å². The number of amides is 3. The monoisotopic (exact) mass is 472 g/mol. The van der Waals surface area contributed by atoms with Gasteiger partial charge >= 0.3 is 6.03 Å². The molecule has 0 unspecified atom stereocenters. The van der Waals surface area contributed by atoms with E-state index in [1.54, 1.807) is 17.8 Å². The SMILES string of the molecule is CNC(=O)N1CC[C@H](CS(=O)(=O)NNC(=O)c2cc(-c3cn(C)cn3)cc(Cl)c2F)C1. The second-order valence-corrected chi connectivity index (χ2v) is 9.41. The number of nitrogens with zero attached hydrogens (tertiary/aromatic N) is 3. The highest BCUT2D eigenvalue weighted by molar-refractivity contribution is 7.89. The van der Waals surface area contributed by atoms with Crippen molar-refractivity contribution >= 4 is 33.6 Å². The zero-order valence-electron chi connectivity index (χ0n) is 16.9. The molecular formula is C18H22ClFN6O4S. The van der Waals surface area contributed by atoms with Crippen molar-refractivity contribution < 1.29 is 22.4 Å². The summed E-state index contributed by atoms with van der Waals surface area (Å²) in [5.74, 6) is -2.56. The van der Waals surface area contributed by atoms with Crippen LogP contribution in [0.2, 0.25) is 5.02 Å². The number of carbonyl (C=O) groups is 2. The van der Waals surface area contributed by atoms with Gasteiger partial charge in [0.05, 0.1) is 28.4 Å². The van der Waals surface area contributed by atoms with Crippen LogP contribution in [0, 0.1) is 11.7 Å². The summed E-state index contributed by atoms with van der Waals surface area (Å²) in [7, 11) is -0.667. The van der Waals surface area contributed by atoms with Crippen molar-refractivity contribution in [2.24, 2.45) is 13.0 Å². The number of sulfonamides is 1. The van der Waals surface area contributed by atoms with Gasteiger partial charge in [-0.1, -0.05) is 11.6 Å². The van der Waals surface area contributed by atoms with Gasteiger partial charge in [0, 0.05) is 38.9 Å². The first-order valence-electron chi connectivity index (χ1n) is 9.33. The molecule has 0 radical (unpaired) electrons. The number of benzene rings is 1. The summed E-state index contributed by atoms with van der Waals surface area (Å²) in [4.78, 5) is 31.7. The van der Waals surface area contributed by atoms with Crippen molar-refractivity contribution in [3.8, 4) is 11.3 Å². The standard InChI is InChI=1S/C18H22ClFN6O4S/c1-21-18(28)26-4-3-11(7-26)9-31(29,30)24-23-17(27)13-5-12(6-14(19)16(13)20)15-8-25(2)10-22-15/h5-6,8,10-11,24H,3-4,7,9H2,1-2H3,(H,21,28)(H,23,27)/t11-/m0/s1. The van der Waals surface area contributed by atoms with Crippen LogP contribution in [-0.2, 0) is 17.1 Å². The molecule has 1 aromatic heterocycles. The van der Waals surface area contributed by atoms with E-state index in [4.69, 9.17) is 11.6 Å². The Morgan fingerprint density at radius 2 is 2.10 bits per heavy atom. The lowest BCUT2D eigenvalue weighted by atomic mass is 10.1. The molecule has 0 aliphatic carbocycles. The molecule has 13 heteroatoms. The highest BCUT2D eigenvalue weighted by atomic mass is 35.5. The maximum absolute atomic E-state index is 14.4. The molecule has 0 bridgehead atoms. The Morgan fingerprint density at radius 3 is 2.74 bits per heavy atom. The molecule has 1 fully saturated rings. The molecular weight excluding hydrogens is 451 g/mol. The predicted molar refractivity (Wildman–Crippen MR) is 112 cm³/mol. The van der Waals surface area contributed by atoms with E-state index in [-0.39, 0.29) is 29.3 Å². The number of hydrogen-bond donors (Lipinski definition) is 3. The van der Waals surface area contributed by atoms with Crippen LogP contribution in [0.1, 0.15) is 16.8 Å². The van der Waals surface area contributed by atoms with Crippen molar-refractivity contribution in [3.05, 3.63) is 41.1 Å². The fourth-order valence-corrected chi connectivity index (χ4v) is 4.76. The van der Waals surface area contributed by atoms with E-state index in [0.29, 0.717) is 24.2 Å². The molecule has 0 saturated carbocycles. The molecule has 3 rings (SSSR count). The highest BCUT2D eigenvalue weighted by Crippen LogP contribution is 2.27. The Morgan fingerprint density at radius 1 is 1.35 bits per heavy atom. The first kappa shape index (κ1) is 23.0. The Labute approximate surface area is 183 Å². The van der Waals surface area contributed by atoms with Gasteiger partial charge in [0.25, 0.3) is 5.91 Å². The van der Waals surface area contributed by atoms with Crippen molar-refractivity contribution in [3.63, 3.8) is 0 Å². The van der Waals surface area contributed by atoms with Gasteiger partial charge in [0.2, 0.25) is 10.0 Å². The second kappa shape index (κ2) is 9.20. The maximum atomic E-state index is 14.4. The number of likely N-dealkylation sites (tertiary alicyclic amines) is 1. The number of imidazole rings is 1. The molecule has 3 N–H and O–H groups in total. The number of aromatic nitrogens is 2. The van der Waals surface area contributed by atoms with Gasteiger partial charge in [0.1, 0.15) is 0 Å². The molecule has 1 aliphatic heterocycles. The molecule has 1 saturated heterocycles. The van der Waals surface area contributed by atoms with E-state index < -0.39 is 27.3 Å². The van der Waals surface area contributed by atoms with Crippen molar-refractivity contribution in [2.75, 3.05) is 25.9 Å². The Balaban J connectivity index is 1.66. The fourth-order valence-electron chi connectivity index (χ4n) is 3.32. The lowest BCUT2D eigenvalue weighted by Crippen LogP contribution is -2.44. The largest absolute Gasteiger partial charge is 0.341 e. The van der Waals surface area contributed by atoms with Gasteiger partial charge in [-0.3, -0.25) is 10.2 Å². The summed E-state index contributed by atoms with van der Waals surface area (Å²) in [5.41, 5.74) is 2.46. The topological polar surface area (TPSA) is 125 Å². The van der Waals surface area contributed by atoms with Crippen LogP contribution in [0.25, 0.3) is 11.3 Å². The number of hydrazine groups is 1. The molecule has 3 amide bonds. The summed E-state index contributed by atoms with van der Waals surface area (Å²) >= 11 is 5.91. The average molecular weight is 473 g/mol. The summed E-state index contributed by atoms with van der Waals surface area (Å²) < 4.78 is 40.8. The number of urea groups is 1. The van der Waals surface area contributed by atoms with E-state index in [0.717, 1.165) is 0 Å². The van der Waals surface area contributed by atoms with E-state index in [9.17, 15) is 22.4 Å². The molecule has 31 heavy (non-hydrogen) atoms. The lowest BCUT2D eigenvalue weighted by Gasteiger charge is -2.16. The third-order valence-corrected chi connectivity index (χ3v) is 6.43. The summed E-state index contributed by atoms with van der Waals surface area (Å²) in [6, 6.07) is 2.30. The Bertz CT molecular complexity index is 1110. The van der Waals surface area contributed by atoms with Crippen LogP contribution in [0.4, 0.5) is 9.18 Å². The van der Waals surface area contributed by atoms with Gasteiger partial charge in [-0.15, -0.1) is 4.83 Å². The quantitative estimate of drug-likeness (QED) is 0.543. The van der Waals surface area contributed by atoms with Gasteiger partial charge in [-0.05, 0) is 24.5 Å². The van der Waals surface area contributed by atoms with Crippen molar-refractivity contribution in [2.45, 2.75) is 6.42 Å². The zero-order chi connectivity index (χ0) is 22.8. The molecule has 1 aromatic carbocycles. The fraction of sp³-hybridized carbons (Fsp3) is 0.389. The van der Waals surface area contributed by atoms with Crippen molar-refractivity contribution in [1.82, 2.24) is 30.0 Å². The van der Waals surface area contributed by atoms with Gasteiger partial charge in [-0.25, -0.2) is 22.6 Å². The van der Waals surface area contributed by atoms with Gasteiger partial charge < -0.3 is 14.8 Å². The summed E-state index contributed by atoms with van der Waals surface area (Å²) in [5, 5.41) is 2.19.